The SMILES string of the molecule is O=[N+]([O-])c1ccc(NCc2ccco2)cc1Cl. The highest BCUT2D eigenvalue weighted by Gasteiger charge is 2.11. The number of hydrogen-bond donors (Lipinski definition) is 1. The molecule has 88 valence electrons. The third-order valence-corrected chi connectivity index (χ3v) is 2.49. The van der Waals surface area contributed by atoms with Crippen molar-refractivity contribution < 1.29 is 9.34 Å². The monoisotopic (exact) mass is 252 g/mol. The van der Waals surface area contributed by atoms with Gasteiger partial charge in [0.1, 0.15) is 10.8 Å². The lowest BCUT2D eigenvalue weighted by atomic mass is 10.3. The second-order valence-electron chi connectivity index (χ2n) is 3.36. The Morgan fingerprint density at radius 3 is 2.82 bits per heavy atom. The third-order valence-electron chi connectivity index (χ3n) is 2.19. The maximum atomic E-state index is 10.6. The van der Waals surface area contributed by atoms with Crippen LogP contribution in [0.1, 0.15) is 5.76 Å². The van der Waals surface area contributed by atoms with Crippen LogP contribution < -0.4 is 5.32 Å². The van der Waals surface area contributed by atoms with Crippen molar-refractivity contribution in [1.29, 1.82) is 0 Å². The highest BCUT2D eigenvalue weighted by atomic mass is 35.5. The van der Waals surface area contributed by atoms with Crippen molar-refractivity contribution in [2.24, 2.45) is 0 Å². The Labute approximate surface area is 102 Å². The normalized spacial score (nSPS) is 10.2. The second-order valence-corrected chi connectivity index (χ2v) is 3.76. The van der Waals surface area contributed by atoms with Crippen molar-refractivity contribution in [2.45, 2.75) is 6.54 Å². The number of halogens is 1. The molecule has 0 radical (unpaired) electrons. The summed E-state index contributed by atoms with van der Waals surface area (Å²) in [6, 6.07) is 8.11. The standard InChI is InChI=1S/C11H9ClN2O3/c12-10-6-8(3-4-11(10)14(15)16)13-7-9-2-1-5-17-9/h1-6,13H,7H2. The van der Waals surface area contributed by atoms with E-state index in [2.05, 4.69) is 5.32 Å². The van der Waals surface area contributed by atoms with Gasteiger partial charge in [-0.15, -0.1) is 0 Å². The van der Waals surface area contributed by atoms with Crippen LogP contribution in [-0.2, 0) is 6.54 Å². The van der Waals surface area contributed by atoms with Crippen LogP contribution in [0, 0.1) is 10.1 Å². The Balaban J connectivity index is 2.07. The largest absolute Gasteiger partial charge is 0.467 e. The fraction of sp³-hybridized carbons (Fsp3) is 0.0909. The molecular formula is C11H9ClN2O3. The molecule has 0 saturated carbocycles. The van der Waals surface area contributed by atoms with Crippen molar-refractivity contribution >= 4 is 23.0 Å². The number of nitrogens with zero attached hydrogens (tertiary/aromatic N) is 1. The van der Waals surface area contributed by atoms with Crippen LogP contribution in [0.5, 0.6) is 0 Å². The summed E-state index contributed by atoms with van der Waals surface area (Å²) in [5, 5.41) is 13.7. The molecule has 0 aliphatic heterocycles. The van der Waals surface area contributed by atoms with Crippen LogP contribution >= 0.6 is 11.6 Å². The van der Waals surface area contributed by atoms with Gasteiger partial charge in [0, 0.05) is 11.8 Å². The van der Waals surface area contributed by atoms with Gasteiger partial charge in [0.05, 0.1) is 17.7 Å². The Bertz CT molecular complexity index is 526. The zero-order chi connectivity index (χ0) is 12.3. The van der Waals surface area contributed by atoms with E-state index in [1.165, 1.54) is 12.1 Å². The molecule has 0 atom stereocenters. The van der Waals surface area contributed by atoms with Crippen molar-refractivity contribution in [2.75, 3.05) is 5.32 Å². The molecule has 0 bridgehead atoms. The van der Waals surface area contributed by atoms with Crippen molar-refractivity contribution in [3.05, 3.63) is 57.5 Å². The van der Waals surface area contributed by atoms with Gasteiger partial charge in [0.15, 0.2) is 0 Å². The highest BCUT2D eigenvalue weighted by Crippen LogP contribution is 2.27. The summed E-state index contributed by atoms with van der Waals surface area (Å²) in [7, 11) is 0. The van der Waals surface area contributed by atoms with Gasteiger partial charge >= 0.3 is 0 Å². The second kappa shape index (κ2) is 4.88. The molecule has 1 aromatic heterocycles. The Morgan fingerprint density at radius 1 is 1.41 bits per heavy atom. The predicted octanol–water partition coefficient (Wildman–Crippen LogP) is 3.45. The van der Waals surface area contributed by atoms with Crippen molar-refractivity contribution in [1.82, 2.24) is 0 Å². The van der Waals surface area contributed by atoms with E-state index in [0.717, 1.165) is 5.76 Å². The minimum Gasteiger partial charge on any atom is -0.467 e. The number of hydrogen-bond acceptors (Lipinski definition) is 4. The number of nitro benzene ring substituents is 1. The molecule has 0 unspecified atom stereocenters. The lowest BCUT2D eigenvalue weighted by Crippen LogP contribution is -1.98. The predicted molar refractivity (Wildman–Crippen MR) is 64.1 cm³/mol. The smallest absolute Gasteiger partial charge is 0.288 e. The first-order valence-corrected chi connectivity index (χ1v) is 5.25. The number of rotatable bonds is 4. The van der Waals surface area contributed by atoms with E-state index in [4.69, 9.17) is 16.0 Å². The Kier molecular flexibility index (Phi) is 3.30. The lowest BCUT2D eigenvalue weighted by Gasteiger charge is -2.04. The lowest BCUT2D eigenvalue weighted by molar-refractivity contribution is -0.384. The molecule has 1 heterocycles. The maximum absolute atomic E-state index is 10.6. The van der Waals surface area contributed by atoms with Gasteiger partial charge in [-0.25, -0.2) is 0 Å². The molecule has 17 heavy (non-hydrogen) atoms. The van der Waals surface area contributed by atoms with Gasteiger partial charge in [-0.05, 0) is 24.3 Å². The topological polar surface area (TPSA) is 68.3 Å². The van der Waals surface area contributed by atoms with Crippen LogP contribution in [0.25, 0.3) is 0 Å². The first kappa shape index (κ1) is 11.5. The molecule has 2 rings (SSSR count). The van der Waals surface area contributed by atoms with Gasteiger partial charge < -0.3 is 9.73 Å². The molecule has 1 N–H and O–H groups in total. The first-order chi connectivity index (χ1) is 8.16. The van der Waals surface area contributed by atoms with E-state index >= 15 is 0 Å². The van der Waals surface area contributed by atoms with Gasteiger partial charge in [0.2, 0.25) is 0 Å². The summed E-state index contributed by atoms with van der Waals surface area (Å²) >= 11 is 5.78. The Morgan fingerprint density at radius 2 is 2.24 bits per heavy atom. The molecule has 0 aliphatic carbocycles. The molecule has 0 fully saturated rings. The van der Waals surface area contributed by atoms with Crippen LogP contribution in [-0.4, -0.2) is 4.92 Å². The average Bonchev–Trinajstić information content (AvgIpc) is 2.78. The highest BCUT2D eigenvalue weighted by molar-refractivity contribution is 6.32. The zero-order valence-corrected chi connectivity index (χ0v) is 9.48. The number of nitrogens with one attached hydrogen (secondary N) is 1. The number of nitro groups is 1. The average molecular weight is 253 g/mol. The van der Waals surface area contributed by atoms with Gasteiger partial charge in [-0.2, -0.15) is 0 Å². The van der Waals surface area contributed by atoms with Crippen LogP contribution in [0.3, 0.4) is 0 Å². The summed E-state index contributed by atoms with van der Waals surface area (Å²) in [6.45, 7) is 0.501. The fourth-order valence-corrected chi connectivity index (χ4v) is 1.62. The van der Waals surface area contributed by atoms with Crippen LogP contribution in [0.4, 0.5) is 11.4 Å². The quantitative estimate of drug-likeness (QED) is 0.668. The number of furan rings is 1. The first-order valence-electron chi connectivity index (χ1n) is 4.87. The van der Waals surface area contributed by atoms with E-state index in [1.54, 1.807) is 18.4 Å². The van der Waals surface area contributed by atoms with E-state index < -0.39 is 4.92 Å². The summed E-state index contributed by atoms with van der Waals surface area (Å²) in [5.74, 6) is 0.777. The minimum absolute atomic E-state index is 0.102. The number of benzene rings is 1. The fourth-order valence-electron chi connectivity index (χ4n) is 1.37. The third kappa shape index (κ3) is 2.76. The van der Waals surface area contributed by atoms with E-state index in [9.17, 15) is 10.1 Å². The summed E-state index contributed by atoms with van der Waals surface area (Å²) < 4.78 is 5.14. The van der Waals surface area contributed by atoms with Crippen molar-refractivity contribution in [3.8, 4) is 0 Å². The number of anilines is 1. The maximum Gasteiger partial charge on any atom is 0.288 e. The summed E-state index contributed by atoms with van der Waals surface area (Å²) in [5.41, 5.74) is 0.604. The molecule has 6 heteroatoms. The minimum atomic E-state index is -0.515. The zero-order valence-electron chi connectivity index (χ0n) is 8.72. The van der Waals surface area contributed by atoms with E-state index in [0.29, 0.717) is 12.2 Å². The van der Waals surface area contributed by atoms with Gasteiger partial charge in [0.25, 0.3) is 5.69 Å². The molecule has 0 amide bonds. The molecule has 5 nitrogen and oxygen atoms in total. The molecule has 0 spiro atoms. The molecule has 0 saturated heterocycles. The molecule has 2 aromatic rings. The Hall–Kier alpha value is -2.01. The van der Waals surface area contributed by atoms with E-state index in [-0.39, 0.29) is 10.7 Å². The molecule has 0 aliphatic rings. The summed E-state index contributed by atoms with van der Waals surface area (Å²) in [4.78, 5) is 10.0. The van der Waals surface area contributed by atoms with Crippen molar-refractivity contribution in [3.63, 3.8) is 0 Å². The van der Waals surface area contributed by atoms with Gasteiger partial charge in [-0.1, -0.05) is 11.6 Å². The molecule has 1 aromatic carbocycles. The van der Waals surface area contributed by atoms with Crippen LogP contribution in [0.15, 0.2) is 41.0 Å². The molecular weight excluding hydrogens is 244 g/mol. The summed E-state index contributed by atoms with van der Waals surface area (Å²) in [6.07, 6.45) is 1.58. The van der Waals surface area contributed by atoms with E-state index in [1.807, 2.05) is 6.07 Å². The van der Waals surface area contributed by atoms with Crippen LogP contribution in [0.2, 0.25) is 5.02 Å². The van der Waals surface area contributed by atoms with Gasteiger partial charge in [-0.3, -0.25) is 10.1 Å².